The van der Waals surface area contributed by atoms with Gasteiger partial charge in [0.1, 0.15) is 5.75 Å². The Bertz CT molecular complexity index is 284. The Kier molecular flexibility index (Phi) is 4.59. The zero-order chi connectivity index (χ0) is 11.3. The normalized spacial score (nSPS) is 14.7. The molecule has 1 rings (SSSR count). The van der Waals surface area contributed by atoms with Crippen LogP contribution in [0.2, 0.25) is 0 Å². The van der Waals surface area contributed by atoms with Crippen LogP contribution in [0.15, 0.2) is 24.3 Å². The summed E-state index contributed by atoms with van der Waals surface area (Å²) in [6.45, 7) is 4.35. The molecule has 0 saturated heterocycles. The highest BCUT2D eigenvalue weighted by Gasteiger charge is 2.15. The lowest BCUT2D eigenvalue weighted by Crippen LogP contribution is -2.32. The van der Waals surface area contributed by atoms with Crippen LogP contribution in [0, 0.1) is 5.92 Å². The summed E-state index contributed by atoms with van der Waals surface area (Å²) < 4.78 is 5.12. The van der Waals surface area contributed by atoms with Gasteiger partial charge in [0.25, 0.3) is 0 Å². The number of nitrogens with two attached hydrogens (primary N) is 1. The fraction of sp³-hybridized carbons (Fsp3) is 0.500. The summed E-state index contributed by atoms with van der Waals surface area (Å²) in [5.41, 5.74) is 4.07. The molecule has 0 saturated carbocycles. The van der Waals surface area contributed by atoms with E-state index in [0.29, 0.717) is 5.92 Å². The van der Waals surface area contributed by atoms with Gasteiger partial charge in [-0.3, -0.25) is 11.3 Å². The van der Waals surface area contributed by atoms with Crippen molar-refractivity contribution in [2.24, 2.45) is 11.8 Å². The third kappa shape index (κ3) is 2.94. The van der Waals surface area contributed by atoms with Crippen LogP contribution in [0.1, 0.15) is 31.9 Å². The van der Waals surface area contributed by atoms with Gasteiger partial charge in [0.15, 0.2) is 0 Å². The first-order chi connectivity index (χ1) is 7.22. The zero-order valence-corrected chi connectivity index (χ0v) is 9.66. The predicted molar refractivity (Wildman–Crippen MR) is 62.5 cm³/mol. The van der Waals surface area contributed by atoms with E-state index in [4.69, 9.17) is 10.6 Å². The third-order valence-corrected chi connectivity index (χ3v) is 2.87. The fourth-order valence-electron chi connectivity index (χ4n) is 1.64. The third-order valence-electron chi connectivity index (χ3n) is 2.87. The quantitative estimate of drug-likeness (QED) is 0.576. The number of nitrogens with one attached hydrogen (secondary N) is 1. The van der Waals surface area contributed by atoms with Crippen LogP contribution >= 0.6 is 0 Å². The molecule has 3 N–H and O–H groups in total. The Labute approximate surface area is 91.6 Å². The van der Waals surface area contributed by atoms with Crippen molar-refractivity contribution < 1.29 is 4.74 Å². The Morgan fingerprint density at radius 2 is 1.93 bits per heavy atom. The van der Waals surface area contributed by atoms with Crippen LogP contribution in [0.4, 0.5) is 0 Å². The zero-order valence-electron chi connectivity index (χ0n) is 9.66. The number of hydrogen-bond acceptors (Lipinski definition) is 3. The standard InChI is InChI=1S/C12H20N2O/c1-4-9(2)12(14-13)10-5-7-11(15-3)8-6-10/h5-9,12,14H,4,13H2,1-3H3. The van der Waals surface area contributed by atoms with Gasteiger partial charge in [0, 0.05) is 6.04 Å². The smallest absolute Gasteiger partial charge is 0.118 e. The molecule has 0 fully saturated rings. The summed E-state index contributed by atoms with van der Waals surface area (Å²) in [6, 6.07) is 8.23. The summed E-state index contributed by atoms with van der Waals surface area (Å²) >= 11 is 0. The number of methoxy groups -OCH3 is 1. The molecule has 1 aromatic rings. The highest BCUT2D eigenvalue weighted by molar-refractivity contribution is 5.29. The van der Waals surface area contributed by atoms with Gasteiger partial charge in [-0.25, -0.2) is 0 Å². The topological polar surface area (TPSA) is 47.3 Å². The number of rotatable bonds is 5. The first-order valence-electron chi connectivity index (χ1n) is 5.33. The summed E-state index contributed by atoms with van der Waals surface area (Å²) in [7, 11) is 1.67. The largest absolute Gasteiger partial charge is 0.497 e. The summed E-state index contributed by atoms with van der Waals surface area (Å²) in [6.07, 6.45) is 1.10. The minimum absolute atomic E-state index is 0.209. The first-order valence-corrected chi connectivity index (χ1v) is 5.33. The van der Waals surface area contributed by atoms with Crippen molar-refractivity contribution >= 4 is 0 Å². The molecule has 0 aliphatic heterocycles. The molecule has 0 bridgehead atoms. The van der Waals surface area contributed by atoms with Crippen molar-refractivity contribution in [3.05, 3.63) is 29.8 Å². The van der Waals surface area contributed by atoms with E-state index < -0.39 is 0 Å². The fourth-order valence-corrected chi connectivity index (χ4v) is 1.64. The van der Waals surface area contributed by atoms with Gasteiger partial charge >= 0.3 is 0 Å². The van der Waals surface area contributed by atoms with E-state index in [-0.39, 0.29) is 6.04 Å². The van der Waals surface area contributed by atoms with E-state index in [1.165, 1.54) is 5.56 Å². The molecule has 0 aromatic heterocycles. The minimum atomic E-state index is 0.209. The van der Waals surface area contributed by atoms with Crippen LogP contribution in [0.5, 0.6) is 5.75 Å². The number of hydrazine groups is 1. The van der Waals surface area contributed by atoms with E-state index in [0.717, 1.165) is 12.2 Å². The molecule has 0 aliphatic rings. The molecule has 0 heterocycles. The predicted octanol–water partition coefficient (Wildman–Crippen LogP) is 2.25. The molecule has 0 spiro atoms. The molecule has 3 heteroatoms. The number of ether oxygens (including phenoxy) is 1. The lowest BCUT2D eigenvalue weighted by molar-refractivity contribution is 0.381. The second-order valence-corrected chi connectivity index (χ2v) is 3.80. The Morgan fingerprint density at radius 1 is 1.33 bits per heavy atom. The molecular weight excluding hydrogens is 188 g/mol. The van der Waals surface area contributed by atoms with Crippen LogP contribution < -0.4 is 16.0 Å². The first kappa shape index (κ1) is 12.0. The molecule has 1 aromatic carbocycles. The minimum Gasteiger partial charge on any atom is -0.497 e. The van der Waals surface area contributed by atoms with Gasteiger partial charge < -0.3 is 4.74 Å². The van der Waals surface area contributed by atoms with Crippen molar-refractivity contribution in [3.8, 4) is 5.75 Å². The molecule has 3 nitrogen and oxygen atoms in total. The van der Waals surface area contributed by atoms with Gasteiger partial charge in [-0.05, 0) is 23.6 Å². The average molecular weight is 208 g/mol. The molecule has 0 radical (unpaired) electrons. The summed E-state index contributed by atoms with van der Waals surface area (Å²) in [5.74, 6) is 6.96. The lowest BCUT2D eigenvalue weighted by Gasteiger charge is -2.22. The number of benzene rings is 1. The maximum absolute atomic E-state index is 5.57. The van der Waals surface area contributed by atoms with Crippen LogP contribution in [0.25, 0.3) is 0 Å². The van der Waals surface area contributed by atoms with Crippen LogP contribution in [-0.2, 0) is 0 Å². The van der Waals surface area contributed by atoms with Crippen molar-refractivity contribution in [1.82, 2.24) is 5.43 Å². The van der Waals surface area contributed by atoms with Gasteiger partial charge in [-0.2, -0.15) is 0 Å². The van der Waals surface area contributed by atoms with E-state index in [9.17, 15) is 0 Å². The Morgan fingerprint density at radius 3 is 2.33 bits per heavy atom. The second kappa shape index (κ2) is 5.73. The average Bonchev–Trinajstić information content (AvgIpc) is 2.30. The second-order valence-electron chi connectivity index (χ2n) is 3.80. The highest BCUT2D eigenvalue weighted by atomic mass is 16.5. The molecule has 15 heavy (non-hydrogen) atoms. The molecule has 2 atom stereocenters. The van der Waals surface area contributed by atoms with Gasteiger partial charge in [0.2, 0.25) is 0 Å². The molecular formula is C12H20N2O. The SMILES string of the molecule is CCC(C)C(NN)c1ccc(OC)cc1. The van der Waals surface area contributed by atoms with E-state index >= 15 is 0 Å². The molecule has 2 unspecified atom stereocenters. The van der Waals surface area contributed by atoms with Crippen molar-refractivity contribution in [2.75, 3.05) is 7.11 Å². The summed E-state index contributed by atoms with van der Waals surface area (Å²) in [5, 5.41) is 0. The molecule has 0 amide bonds. The highest BCUT2D eigenvalue weighted by Crippen LogP contribution is 2.25. The number of hydrogen-bond donors (Lipinski definition) is 2. The van der Waals surface area contributed by atoms with Gasteiger partial charge in [-0.1, -0.05) is 32.4 Å². The van der Waals surface area contributed by atoms with Gasteiger partial charge in [-0.15, -0.1) is 0 Å². The monoisotopic (exact) mass is 208 g/mol. The maximum Gasteiger partial charge on any atom is 0.118 e. The Hall–Kier alpha value is -1.06. The van der Waals surface area contributed by atoms with Gasteiger partial charge in [0.05, 0.1) is 7.11 Å². The Balaban J connectivity index is 2.83. The van der Waals surface area contributed by atoms with Crippen LogP contribution in [0.3, 0.4) is 0 Å². The molecule has 0 aliphatic carbocycles. The van der Waals surface area contributed by atoms with Crippen LogP contribution in [-0.4, -0.2) is 7.11 Å². The maximum atomic E-state index is 5.57. The van der Waals surface area contributed by atoms with Crippen molar-refractivity contribution in [2.45, 2.75) is 26.3 Å². The van der Waals surface area contributed by atoms with Crippen molar-refractivity contribution in [1.29, 1.82) is 0 Å². The molecule has 84 valence electrons. The lowest BCUT2D eigenvalue weighted by atomic mass is 9.93. The summed E-state index contributed by atoms with van der Waals surface area (Å²) in [4.78, 5) is 0. The van der Waals surface area contributed by atoms with E-state index in [1.54, 1.807) is 7.11 Å². The van der Waals surface area contributed by atoms with E-state index in [2.05, 4.69) is 31.4 Å². The van der Waals surface area contributed by atoms with Crippen molar-refractivity contribution in [3.63, 3.8) is 0 Å². The van der Waals surface area contributed by atoms with E-state index in [1.807, 2.05) is 12.1 Å².